The normalized spacial score (nSPS) is 12.1. The molecule has 0 amide bonds. The third-order valence-corrected chi connectivity index (χ3v) is 8.43. The van der Waals surface area contributed by atoms with Crippen LogP contribution in [-0.4, -0.2) is 0 Å². The van der Waals surface area contributed by atoms with E-state index in [1.807, 2.05) is 6.08 Å². The summed E-state index contributed by atoms with van der Waals surface area (Å²) in [4.78, 5) is 0. The Balaban J connectivity index is 1.55. The summed E-state index contributed by atoms with van der Waals surface area (Å²) in [6.07, 6.45) is 14.7. The number of hydrogen-bond acceptors (Lipinski definition) is 0. The summed E-state index contributed by atoms with van der Waals surface area (Å²) in [5.41, 5.74) is 11.5. The van der Waals surface area contributed by atoms with Crippen molar-refractivity contribution in [1.29, 1.82) is 0 Å². The van der Waals surface area contributed by atoms with Gasteiger partial charge in [-0.15, -0.1) is 12.3 Å². The number of terminal acetylenes is 1. The molecule has 6 aromatic carbocycles. The van der Waals surface area contributed by atoms with Crippen LogP contribution in [0.25, 0.3) is 49.4 Å². The number of fused-ring (bicyclic) bond motifs is 2. The molecule has 0 unspecified atom stereocenters. The van der Waals surface area contributed by atoms with Gasteiger partial charge in [0.25, 0.3) is 0 Å². The van der Waals surface area contributed by atoms with E-state index in [1.54, 1.807) is 0 Å². The van der Waals surface area contributed by atoms with E-state index in [9.17, 15) is 0 Å². The van der Waals surface area contributed by atoms with Crippen LogP contribution in [0.3, 0.4) is 0 Å². The van der Waals surface area contributed by atoms with Crippen molar-refractivity contribution in [2.75, 3.05) is 0 Å². The van der Waals surface area contributed by atoms with Gasteiger partial charge >= 0.3 is 0 Å². The molecule has 6 rings (SSSR count). The topological polar surface area (TPSA) is 0 Å². The predicted octanol–water partition coefficient (Wildman–Crippen LogP) is 12.1. The molecule has 0 heterocycles. The first-order valence-corrected chi connectivity index (χ1v) is 15.4. The van der Waals surface area contributed by atoms with E-state index in [0.717, 1.165) is 33.4 Å². The van der Waals surface area contributed by atoms with Gasteiger partial charge in [-0.05, 0) is 109 Å². The molecular formula is C45H36. The molecule has 0 radical (unpaired) electrons. The zero-order chi connectivity index (χ0) is 31.2. The van der Waals surface area contributed by atoms with E-state index in [0.29, 0.717) is 6.42 Å². The molecule has 0 bridgehead atoms. The maximum absolute atomic E-state index is 5.51. The van der Waals surface area contributed by atoms with Crippen molar-refractivity contribution in [3.05, 3.63) is 186 Å². The molecule has 0 fully saturated rings. The molecule has 0 N–H and O–H groups in total. The summed E-state index contributed by atoms with van der Waals surface area (Å²) in [5.74, 6) is 2.70. The lowest BCUT2D eigenvalue weighted by atomic mass is 9.87. The summed E-state index contributed by atoms with van der Waals surface area (Å²) in [6, 6.07) is 45.7. The largest absolute Gasteiger partial charge is 0.120 e. The van der Waals surface area contributed by atoms with Crippen LogP contribution in [0.5, 0.6) is 0 Å². The highest BCUT2D eigenvalue weighted by Crippen LogP contribution is 2.37. The molecule has 6 aromatic rings. The monoisotopic (exact) mass is 576 g/mol. The van der Waals surface area contributed by atoms with Crippen molar-refractivity contribution < 1.29 is 0 Å². The molecule has 0 saturated carbocycles. The maximum Gasteiger partial charge on any atom is 0.0270 e. The molecule has 0 spiro atoms. The lowest BCUT2D eigenvalue weighted by Crippen LogP contribution is -1.96. The van der Waals surface area contributed by atoms with Gasteiger partial charge in [-0.25, -0.2) is 0 Å². The fourth-order valence-electron chi connectivity index (χ4n) is 6.11. The van der Waals surface area contributed by atoms with Crippen molar-refractivity contribution >= 4 is 38.3 Å². The van der Waals surface area contributed by atoms with Crippen LogP contribution in [0.1, 0.15) is 41.2 Å². The average Bonchev–Trinajstić information content (AvgIpc) is 3.09. The van der Waals surface area contributed by atoms with Crippen LogP contribution in [0.15, 0.2) is 158 Å². The molecule has 0 aliphatic heterocycles. The first-order valence-electron chi connectivity index (χ1n) is 15.4. The highest BCUT2D eigenvalue weighted by atomic mass is 14.2. The van der Waals surface area contributed by atoms with E-state index in [2.05, 4.69) is 172 Å². The molecule has 216 valence electrons. The Morgan fingerprint density at radius 1 is 0.711 bits per heavy atom. The number of hydrogen-bond donors (Lipinski definition) is 0. The standard InChI is InChI=1S/C45H36/c1-5-7-8-16-34(6-2)37-21-13-22-38(30-37)45(29-33(4)40-25-14-19-35-17-9-11-23-41(35)40)44-31-39(28-27-32(44)3)43-26-15-20-36-18-10-12-24-42(36)43/h1,6,8-31H,4,7H2,2-3H3/b16-8-,34-6+,45-29-. The second-order valence-electron chi connectivity index (χ2n) is 11.3. The van der Waals surface area contributed by atoms with E-state index in [4.69, 9.17) is 6.42 Å². The highest BCUT2D eigenvalue weighted by Gasteiger charge is 2.14. The first kappa shape index (κ1) is 29.4. The molecule has 0 atom stereocenters. The van der Waals surface area contributed by atoms with E-state index in [1.165, 1.54) is 43.8 Å². The summed E-state index contributed by atoms with van der Waals surface area (Å²) in [5, 5.41) is 4.89. The Morgan fingerprint density at radius 3 is 2.16 bits per heavy atom. The van der Waals surface area contributed by atoms with Crippen LogP contribution in [0.4, 0.5) is 0 Å². The van der Waals surface area contributed by atoms with Gasteiger partial charge in [0.1, 0.15) is 0 Å². The fraction of sp³-hybridized carbons (Fsp3) is 0.0667. The Morgan fingerprint density at radius 2 is 1.38 bits per heavy atom. The molecule has 0 heteroatoms. The first-order chi connectivity index (χ1) is 22.1. The molecule has 45 heavy (non-hydrogen) atoms. The second kappa shape index (κ2) is 13.3. The quantitative estimate of drug-likeness (QED) is 0.125. The second-order valence-corrected chi connectivity index (χ2v) is 11.3. The summed E-state index contributed by atoms with van der Waals surface area (Å²) in [6.45, 7) is 8.89. The molecular weight excluding hydrogens is 540 g/mol. The van der Waals surface area contributed by atoms with Gasteiger partial charge in [-0.3, -0.25) is 0 Å². The molecule has 0 aliphatic carbocycles. The summed E-state index contributed by atoms with van der Waals surface area (Å²) >= 11 is 0. The minimum Gasteiger partial charge on any atom is -0.120 e. The van der Waals surface area contributed by atoms with Gasteiger partial charge in [-0.1, -0.05) is 140 Å². The Hall–Kier alpha value is -5.64. The van der Waals surface area contributed by atoms with E-state index < -0.39 is 0 Å². The minimum absolute atomic E-state index is 0.604. The zero-order valence-electron chi connectivity index (χ0n) is 25.9. The number of aryl methyl sites for hydroxylation is 1. The maximum atomic E-state index is 5.51. The van der Waals surface area contributed by atoms with Gasteiger partial charge in [0, 0.05) is 6.42 Å². The van der Waals surface area contributed by atoms with Crippen molar-refractivity contribution in [3.8, 4) is 23.5 Å². The van der Waals surface area contributed by atoms with Gasteiger partial charge < -0.3 is 0 Å². The number of allylic oxidation sites excluding steroid dienone is 6. The van der Waals surface area contributed by atoms with Gasteiger partial charge in [0.15, 0.2) is 0 Å². The predicted molar refractivity (Wildman–Crippen MR) is 197 cm³/mol. The third kappa shape index (κ3) is 6.21. The highest BCUT2D eigenvalue weighted by molar-refractivity contribution is 6.01. The Labute approximate surface area is 267 Å². The van der Waals surface area contributed by atoms with Crippen molar-refractivity contribution in [2.45, 2.75) is 20.3 Å². The third-order valence-electron chi connectivity index (χ3n) is 8.43. The van der Waals surface area contributed by atoms with Gasteiger partial charge in [-0.2, -0.15) is 0 Å². The molecule has 0 aromatic heterocycles. The SMILES string of the molecule is C#CC/C=C\C(=C/C)c1cccc(/C(=C/C(=C)c2cccc3ccccc23)c2cc(-c3cccc4ccccc34)ccc2C)c1. The van der Waals surface area contributed by atoms with Crippen molar-refractivity contribution in [3.63, 3.8) is 0 Å². The van der Waals surface area contributed by atoms with Crippen LogP contribution in [0, 0.1) is 19.3 Å². The summed E-state index contributed by atoms with van der Waals surface area (Å²) < 4.78 is 0. The number of benzene rings is 6. The fourth-order valence-corrected chi connectivity index (χ4v) is 6.11. The molecule has 0 aliphatic rings. The Bertz CT molecular complexity index is 2160. The lowest BCUT2D eigenvalue weighted by Gasteiger charge is -2.17. The number of rotatable bonds is 8. The lowest BCUT2D eigenvalue weighted by molar-refractivity contribution is 1.41. The van der Waals surface area contributed by atoms with Gasteiger partial charge in [0.05, 0.1) is 0 Å². The van der Waals surface area contributed by atoms with Crippen LogP contribution < -0.4 is 0 Å². The average molecular weight is 577 g/mol. The van der Waals surface area contributed by atoms with Crippen molar-refractivity contribution in [1.82, 2.24) is 0 Å². The van der Waals surface area contributed by atoms with Gasteiger partial charge in [0.2, 0.25) is 0 Å². The minimum atomic E-state index is 0.604. The summed E-state index contributed by atoms with van der Waals surface area (Å²) in [7, 11) is 0. The van der Waals surface area contributed by atoms with Crippen LogP contribution in [0.2, 0.25) is 0 Å². The van der Waals surface area contributed by atoms with E-state index in [-0.39, 0.29) is 0 Å². The smallest absolute Gasteiger partial charge is 0.0270 e. The van der Waals surface area contributed by atoms with Crippen molar-refractivity contribution in [2.24, 2.45) is 0 Å². The van der Waals surface area contributed by atoms with Crippen LogP contribution >= 0.6 is 0 Å². The molecule has 0 saturated heterocycles. The van der Waals surface area contributed by atoms with Crippen LogP contribution in [-0.2, 0) is 0 Å². The zero-order valence-corrected chi connectivity index (χ0v) is 25.9. The Kier molecular flexibility index (Phi) is 8.72. The molecule has 0 nitrogen and oxygen atoms in total. The van der Waals surface area contributed by atoms with E-state index >= 15 is 0 Å².